The van der Waals surface area contributed by atoms with Crippen LogP contribution in [-0.4, -0.2) is 34.9 Å². The Hall–Kier alpha value is -0.870. The molecular formula is C34H67NO3. The van der Waals surface area contributed by atoms with E-state index in [1.807, 2.05) is 6.08 Å². The van der Waals surface area contributed by atoms with Crippen molar-refractivity contribution in [1.29, 1.82) is 0 Å². The van der Waals surface area contributed by atoms with Gasteiger partial charge < -0.3 is 15.5 Å². The Morgan fingerprint density at radius 3 is 1.37 bits per heavy atom. The molecule has 38 heavy (non-hydrogen) atoms. The summed E-state index contributed by atoms with van der Waals surface area (Å²) in [7, 11) is 0. The lowest BCUT2D eigenvalue weighted by atomic mass is 10.0. The molecule has 0 fully saturated rings. The van der Waals surface area contributed by atoms with Gasteiger partial charge in [-0.05, 0) is 19.3 Å². The molecule has 0 aromatic carbocycles. The minimum absolute atomic E-state index is 0.0886. The van der Waals surface area contributed by atoms with E-state index in [2.05, 4.69) is 19.2 Å². The molecule has 3 N–H and O–H groups in total. The Morgan fingerprint density at radius 1 is 0.605 bits per heavy atom. The lowest BCUT2D eigenvalue weighted by Gasteiger charge is -2.19. The van der Waals surface area contributed by atoms with Crippen LogP contribution >= 0.6 is 0 Å². The summed E-state index contributed by atoms with van der Waals surface area (Å²) in [5, 5.41) is 22.5. The maximum absolute atomic E-state index is 11.9. The second-order valence-electron chi connectivity index (χ2n) is 11.6. The van der Waals surface area contributed by atoms with Crippen LogP contribution in [0.25, 0.3) is 0 Å². The van der Waals surface area contributed by atoms with Gasteiger partial charge in [0, 0.05) is 6.42 Å². The second-order valence-corrected chi connectivity index (χ2v) is 11.6. The first-order valence-electron chi connectivity index (χ1n) is 16.9. The van der Waals surface area contributed by atoms with Crippen LogP contribution in [-0.2, 0) is 4.79 Å². The van der Waals surface area contributed by atoms with E-state index in [1.54, 1.807) is 6.08 Å². The fraction of sp³-hybridized carbons (Fsp3) is 0.912. The SMILES string of the molecule is CCCCCCCCCCCCCCCCCCCCCCC/C=C/C(O)C(CO)NC(=O)CCCCC. The van der Waals surface area contributed by atoms with Crippen molar-refractivity contribution >= 4 is 5.91 Å². The van der Waals surface area contributed by atoms with Gasteiger partial charge in [-0.3, -0.25) is 4.79 Å². The van der Waals surface area contributed by atoms with E-state index >= 15 is 0 Å². The van der Waals surface area contributed by atoms with Gasteiger partial charge in [0.1, 0.15) is 0 Å². The van der Waals surface area contributed by atoms with E-state index in [4.69, 9.17) is 0 Å². The molecule has 0 aromatic heterocycles. The molecule has 0 rings (SSSR count). The molecule has 0 aliphatic heterocycles. The van der Waals surface area contributed by atoms with Crippen LogP contribution in [0.15, 0.2) is 12.2 Å². The number of nitrogens with one attached hydrogen (secondary N) is 1. The highest BCUT2D eigenvalue weighted by Gasteiger charge is 2.17. The zero-order chi connectivity index (χ0) is 27.9. The van der Waals surface area contributed by atoms with Crippen LogP contribution in [0.3, 0.4) is 0 Å². The van der Waals surface area contributed by atoms with E-state index in [0.29, 0.717) is 6.42 Å². The zero-order valence-electron chi connectivity index (χ0n) is 25.7. The molecule has 1 amide bonds. The average molecular weight is 538 g/mol. The van der Waals surface area contributed by atoms with Crippen molar-refractivity contribution in [2.45, 2.75) is 193 Å². The molecular weight excluding hydrogens is 470 g/mol. The molecule has 2 atom stereocenters. The minimum Gasteiger partial charge on any atom is -0.394 e. The van der Waals surface area contributed by atoms with Crippen LogP contribution in [0, 0.1) is 0 Å². The van der Waals surface area contributed by atoms with Gasteiger partial charge >= 0.3 is 0 Å². The lowest BCUT2D eigenvalue weighted by molar-refractivity contribution is -0.123. The summed E-state index contributed by atoms with van der Waals surface area (Å²) >= 11 is 0. The summed E-state index contributed by atoms with van der Waals surface area (Å²) in [6.07, 6.45) is 36.5. The van der Waals surface area contributed by atoms with Crippen molar-refractivity contribution < 1.29 is 15.0 Å². The molecule has 0 spiro atoms. The van der Waals surface area contributed by atoms with Crippen molar-refractivity contribution in [3.05, 3.63) is 12.2 Å². The fourth-order valence-corrected chi connectivity index (χ4v) is 5.12. The van der Waals surface area contributed by atoms with Gasteiger partial charge in [-0.25, -0.2) is 0 Å². The largest absolute Gasteiger partial charge is 0.394 e. The number of hydrogen-bond acceptors (Lipinski definition) is 3. The highest BCUT2D eigenvalue weighted by molar-refractivity contribution is 5.76. The van der Waals surface area contributed by atoms with Gasteiger partial charge in [-0.2, -0.15) is 0 Å². The summed E-state index contributed by atoms with van der Waals surface area (Å²) in [5.74, 6) is -0.0886. The van der Waals surface area contributed by atoms with Gasteiger partial charge in [0.15, 0.2) is 0 Å². The number of carbonyl (C=O) groups is 1. The highest BCUT2D eigenvalue weighted by atomic mass is 16.3. The number of allylic oxidation sites excluding steroid dienone is 1. The summed E-state index contributed by atoms with van der Waals surface area (Å²) in [6.45, 7) is 4.15. The van der Waals surface area contributed by atoms with Gasteiger partial charge in [0.2, 0.25) is 5.91 Å². The normalized spacial score (nSPS) is 13.3. The van der Waals surface area contributed by atoms with Crippen LogP contribution in [0.5, 0.6) is 0 Å². The third-order valence-corrected chi connectivity index (χ3v) is 7.77. The predicted molar refractivity (Wildman–Crippen MR) is 166 cm³/mol. The molecule has 0 radical (unpaired) electrons. The third kappa shape index (κ3) is 26.7. The summed E-state index contributed by atoms with van der Waals surface area (Å²) < 4.78 is 0. The molecule has 0 aliphatic rings. The molecule has 2 unspecified atom stereocenters. The first-order chi connectivity index (χ1) is 18.7. The number of aliphatic hydroxyl groups excluding tert-OH is 2. The summed E-state index contributed by atoms with van der Waals surface area (Å²) in [5.41, 5.74) is 0. The van der Waals surface area contributed by atoms with Crippen LogP contribution in [0.2, 0.25) is 0 Å². The molecule has 0 aliphatic carbocycles. The minimum atomic E-state index is -0.829. The van der Waals surface area contributed by atoms with Gasteiger partial charge in [0.25, 0.3) is 0 Å². The van der Waals surface area contributed by atoms with E-state index in [0.717, 1.165) is 32.1 Å². The molecule has 0 heterocycles. The Labute approximate surface area is 237 Å². The van der Waals surface area contributed by atoms with Crippen molar-refractivity contribution in [3.63, 3.8) is 0 Å². The number of aliphatic hydroxyl groups is 2. The lowest BCUT2D eigenvalue weighted by Crippen LogP contribution is -2.45. The van der Waals surface area contributed by atoms with E-state index in [9.17, 15) is 15.0 Å². The van der Waals surface area contributed by atoms with Crippen LogP contribution in [0.4, 0.5) is 0 Å². The first-order valence-corrected chi connectivity index (χ1v) is 16.9. The van der Waals surface area contributed by atoms with Gasteiger partial charge in [-0.1, -0.05) is 167 Å². The van der Waals surface area contributed by atoms with Crippen molar-refractivity contribution in [3.8, 4) is 0 Å². The Balaban J connectivity index is 3.40. The van der Waals surface area contributed by atoms with Gasteiger partial charge in [-0.15, -0.1) is 0 Å². The standard InChI is InChI=1S/C34H67NO3/c1-3-5-7-8-9-10-11-12-13-14-15-16-17-18-19-20-21-22-23-24-25-26-28-29-33(37)32(31-36)35-34(38)30-27-6-4-2/h28-29,32-33,36-37H,3-27,30-31H2,1-2H3,(H,35,38)/b29-28+. The first kappa shape index (κ1) is 37.1. The number of amides is 1. The Bertz CT molecular complexity index is 508. The molecule has 4 nitrogen and oxygen atoms in total. The molecule has 0 bridgehead atoms. The number of rotatable bonds is 30. The molecule has 0 saturated heterocycles. The van der Waals surface area contributed by atoms with Crippen molar-refractivity contribution in [2.24, 2.45) is 0 Å². The summed E-state index contributed by atoms with van der Waals surface area (Å²) in [6, 6.07) is -0.611. The average Bonchev–Trinajstić information content (AvgIpc) is 2.92. The summed E-state index contributed by atoms with van der Waals surface area (Å²) in [4.78, 5) is 11.9. The second kappa shape index (κ2) is 30.7. The molecule has 0 saturated carbocycles. The van der Waals surface area contributed by atoms with Crippen LogP contribution < -0.4 is 5.32 Å². The number of hydrogen-bond donors (Lipinski definition) is 3. The highest BCUT2D eigenvalue weighted by Crippen LogP contribution is 2.15. The number of unbranched alkanes of at least 4 members (excludes halogenated alkanes) is 23. The topological polar surface area (TPSA) is 69.6 Å². The zero-order valence-corrected chi connectivity index (χ0v) is 25.7. The van der Waals surface area contributed by atoms with E-state index < -0.39 is 12.1 Å². The van der Waals surface area contributed by atoms with Crippen molar-refractivity contribution in [1.82, 2.24) is 5.32 Å². The predicted octanol–water partition coefficient (Wildman–Crippen LogP) is 9.56. The van der Waals surface area contributed by atoms with Crippen molar-refractivity contribution in [2.75, 3.05) is 6.61 Å². The molecule has 226 valence electrons. The smallest absolute Gasteiger partial charge is 0.220 e. The Kier molecular flexibility index (Phi) is 30.0. The maximum Gasteiger partial charge on any atom is 0.220 e. The fourth-order valence-electron chi connectivity index (χ4n) is 5.12. The Morgan fingerprint density at radius 2 is 0.974 bits per heavy atom. The quantitative estimate of drug-likeness (QED) is 0.0631. The van der Waals surface area contributed by atoms with E-state index in [1.165, 1.54) is 128 Å². The van der Waals surface area contributed by atoms with Gasteiger partial charge in [0.05, 0.1) is 18.8 Å². The number of carbonyl (C=O) groups excluding carboxylic acids is 1. The molecule has 0 aromatic rings. The third-order valence-electron chi connectivity index (χ3n) is 7.77. The monoisotopic (exact) mass is 538 g/mol. The maximum atomic E-state index is 11.9. The van der Waals surface area contributed by atoms with E-state index in [-0.39, 0.29) is 12.5 Å². The van der Waals surface area contributed by atoms with Crippen LogP contribution in [0.1, 0.15) is 181 Å². The molecule has 4 heteroatoms.